The summed E-state index contributed by atoms with van der Waals surface area (Å²) in [7, 11) is 11.8. The van der Waals surface area contributed by atoms with Crippen LogP contribution >= 0.6 is 18.2 Å². The molecule has 0 atom stereocenters. The van der Waals surface area contributed by atoms with Gasteiger partial charge in [-0.3, -0.25) is 9.05 Å². The van der Waals surface area contributed by atoms with Crippen molar-refractivity contribution in [1.82, 2.24) is 14.7 Å². The lowest BCUT2D eigenvalue weighted by Crippen LogP contribution is -2.20. The van der Waals surface area contributed by atoms with Gasteiger partial charge in [-0.2, -0.15) is 0 Å². The van der Waals surface area contributed by atoms with Crippen LogP contribution in [0.2, 0.25) is 0 Å². The van der Waals surface area contributed by atoms with E-state index in [-0.39, 0.29) is 0 Å². The van der Waals surface area contributed by atoms with Gasteiger partial charge in [-0.1, -0.05) is 0 Å². The quantitative estimate of drug-likeness (QED) is 0.504. The van der Waals surface area contributed by atoms with Crippen molar-refractivity contribution in [3.8, 4) is 0 Å². The van der Waals surface area contributed by atoms with Crippen molar-refractivity contribution in [1.29, 1.82) is 0 Å². The molecular formula is C12H30N3O3PS. The zero-order chi connectivity index (χ0) is 15.6. The van der Waals surface area contributed by atoms with Crippen LogP contribution in [-0.2, 0) is 13.6 Å². The minimum absolute atomic E-state index is 0.418. The minimum atomic E-state index is -3.05. The molecule has 0 N–H and O–H groups in total. The van der Waals surface area contributed by atoms with Crippen molar-refractivity contribution in [2.45, 2.75) is 0 Å². The van der Waals surface area contributed by atoms with Gasteiger partial charge in [0.25, 0.3) is 0 Å². The molecule has 0 unspecified atom stereocenters. The summed E-state index contributed by atoms with van der Waals surface area (Å²) in [6.45, 7) is 0.0972. The Balaban J connectivity index is 4.23. The Morgan fingerprint density at radius 3 is 1.55 bits per heavy atom. The Bertz CT molecular complexity index is 248. The molecule has 0 spiro atoms. The predicted molar refractivity (Wildman–Crippen MR) is 87.6 cm³/mol. The van der Waals surface area contributed by atoms with Gasteiger partial charge in [-0.25, -0.2) is 4.57 Å². The summed E-state index contributed by atoms with van der Waals surface area (Å²) < 4.78 is 23.7. The van der Waals surface area contributed by atoms with Gasteiger partial charge in [0.05, 0.1) is 13.2 Å². The van der Waals surface area contributed by atoms with E-state index in [0.717, 1.165) is 25.4 Å². The topological polar surface area (TPSA) is 45.2 Å². The average molecular weight is 327 g/mol. The Morgan fingerprint density at radius 2 is 1.20 bits per heavy atom. The number of hydrogen-bond acceptors (Lipinski definition) is 7. The third-order valence-corrected chi connectivity index (χ3v) is 6.17. The van der Waals surface area contributed by atoms with Crippen molar-refractivity contribution in [2.24, 2.45) is 0 Å². The van der Waals surface area contributed by atoms with Gasteiger partial charge in [0.1, 0.15) is 0 Å². The molecule has 20 heavy (non-hydrogen) atoms. The lowest BCUT2D eigenvalue weighted by molar-refractivity contribution is 0.190. The number of nitrogens with zero attached hydrogens (tertiary/aromatic N) is 3. The summed E-state index contributed by atoms with van der Waals surface area (Å²) in [5.41, 5.74) is 0. The summed E-state index contributed by atoms with van der Waals surface area (Å²) in [6, 6.07) is 0. The van der Waals surface area contributed by atoms with Crippen LogP contribution in [0.15, 0.2) is 0 Å². The van der Waals surface area contributed by atoms with Gasteiger partial charge in [0.15, 0.2) is 0 Å². The fourth-order valence-electron chi connectivity index (χ4n) is 1.12. The highest BCUT2D eigenvalue weighted by molar-refractivity contribution is 8.55. The van der Waals surface area contributed by atoms with E-state index < -0.39 is 6.80 Å². The molecule has 0 rings (SSSR count). The SMILES string of the molecule is CN(C)CCOP(=O)(OCCN(C)C)SCCN(C)C. The summed E-state index contributed by atoms with van der Waals surface area (Å²) in [5, 5.41) is 0. The number of likely N-dealkylation sites (N-methyl/N-ethyl adjacent to an activating group) is 2. The first-order chi connectivity index (χ1) is 9.25. The molecule has 0 amide bonds. The van der Waals surface area contributed by atoms with Crippen molar-refractivity contribution < 1.29 is 13.6 Å². The van der Waals surface area contributed by atoms with E-state index in [1.54, 1.807) is 0 Å². The highest BCUT2D eigenvalue weighted by atomic mass is 32.7. The highest BCUT2D eigenvalue weighted by Gasteiger charge is 2.25. The lowest BCUT2D eigenvalue weighted by atomic mass is 10.6. The Kier molecular flexibility index (Phi) is 11.2. The predicted octanol–water partition coefficient (Wildman–Crippen LogP) is 1.55. The van der Waals surface area contributed by atoms with Crippen LogP contribution in [0.25, 0.3) is 0 Å². The largest absolute Gasteiger partial charge is 0.389 e. The average Bonchev–Trinajstić information content (AvgIpc) is 2.27. The molecule has 0 radical (unpaired) electrons. The molecule has 0 heterocycles. The molecule has 0 bridgehead atoms. The van der Waals surface area contributed by atoms with Crippen LogP contribution in [0.3, 0.4) is 0 Å². The zero-order valence-corrected chi connectivity index (χ0v) is 15.4. The van der Waals surface area contributed by atoms with E-state index in [1.807, 2.05) is 52.1 Å². The molecule has 0 aliphatic carbocycles. The first-order valence-electron chi connectivity index (χ1n) is 6.73. The van der Waals surface area contributed by atoms with E-state index >= 15 is 0 Å². The zero-order valence-electron chi connectivity index (χ0n) is 13.7. The second-order valence-corrected chi connectivity index (χ2v) is 9.55. The molecule has 0 aromatic heterocycles. The monoisotopic (exact) mass is 327 g/mol. The van der Waals surface area contributed by atoms with Crippen molar-refractivity contribution in [3.05, 3.63) is 0 Å². The highest BCUT2D eigenvalue weighted by Crippen LogP contribution is 2.60. The number of rotatable bonds is 12. The molecule has 0 aliphatic rings. The molecule has 0 aliphatic heterocycles. The van der Waals surface area contributed by atoms with Crippen molar-refractivity contribution >= 4 is 18.2 Å². The smallest absolute Gasteiger partial charge is 0.309 e. The van der Waals surface area contributed by atoms with Gasteiger partial charge < -0.3 is 14.7 Å². The maximum absolute atomic E-state index is 12.6. The maximum atomic E-state index is 12.6. The lowest BCUT2D eigenvalue weighted by Gasteiger charge is -2.20. The maximum Gasteiger partial charge on any atom is 0.389 e. The van der Waals surface area contributed by atoms with E-state index in [9.17, 15) is 4.57 Å². The molecule has 0 aromatic rings. The second-order valence-electron chi connectivity index (χ2n) is 5.36. The number of hydrogen-bond donors (Lipinski definition) is 0. The van der Waals surface area contributed by atoms with Gasteiger partial charge in [0.2, 0.25) is 0 Å². The van der Waals surface area contributed by atoms with Crippen molar-refractivity contribution in [3.63, 3.8) is 0 Å². The Morgan fingerprint density at radius 1 is 0.800 bits per heavy atom. The summed E-state index contributed by atoms with van der Waals surface area (Å²) >= 11 is 1.29. The van der Waals surface area contributed by atoms with Crippen LogP contribution in [0.4, 0.5) is 0 Å². The van der Waals surface area contributed by atoms with Crippen molar-refractivity contribution in [2.75, 3.05) is 80.9 Å². The minimum Gasteiger partial charge on any atom is -0.309 e. The van der Waals surface area contributed by atoms with Gasteiger partial charge >= 0.3 is 6.80 Å². The fraction of sp³-hybridized carbons (Fsp3) is 1.00. The van der Waals surface area contributed by atoms with Crippen LogP contribution in [0.1, 0.15) is 0 Å². The van der Waals surface area contributed by atoms with Gasteiger partial charge in [-0.15, -0.1) is 0 Å². The Hall–Kier alpha value is 0.380. The molecule has 0 aromatic carbocycles. The summed E-state index contributed by atoms with van der Waals surface area (Å²) in [4.78, 5) is 6.04. The standard InChI is InChI=1S/C12H30N3O3PS/c1-13(2)7-10-17-19(16,18-11-8-14(3)4)20-12-9-15(5)6/h7-12H2,1-6H3. The van der Waals surface area contributed by atoms with Crippen LogP contribution in [-0.4, -0.2) is 95.6 Å². The molecule has 0 fully saturated rings. The molecule has 122 valence electrons. The summed E-state index contributed by atoms with van der Waals surface area (Å²) in [6.07, 6.45) is 0. The van der Waals surface area contributed by atoms with E-state index in [1.165, 1.54) is 11.4 Å². The van der Waals surface area contributed by atoms with E-state index in [0.29, 0.717) is 13.2 Å². The molecular weight excluding hydrogens is 297 g/mol. The van der Waals surface area contributed by atoms with E-state index in [4.69, 9.17) is 9.05 Å². The second kappa shape index (κ2) is 11.0. The van der Waals surface area contributed by atoms with Gasteiger partial charge in [-0.05, 0) is 53.7 Å². The molecule has 0 saturated heterocycles. The molecule has 0 saturated carbocycles. The van der Waals surface area contributed by atoms with E-state index in [2.05, 4.69) is 4.90 Å². The third-order valence-electron chi connectivity index (χ3n) is 2.36. The first kappa shape index (κ1) is 20.4. The normalized spacial score (nSPS) is 12.8. The Labute approximate surface area is 128 Å². The first-order valence-corrected chi connectivity index (χ1v) is 9.86. The molecule has 6 nitrogen and oxygen atoms in total. The third kappa shape index (κ3) is 12.1. The molecule has 8 heteroatoms. The fourth-order valence-corrected chi connectivity index (χ4v) is 4.43. The van der Waals surface area contributed by atoms with Crippen LogP contribution in [0, 0.1) is 0 Å². The van der Waals surface area contributed by atoms with Crippen LogP contribution < -0.4 is 0 Å². The van der Waals surface area contributed by atoms with Crippen LogP contribution in [0.5, 0.6) is 0 Å². The van der Waals surface area contributed by atoms with Gasteiger partial charge in [0, 0.05) is 25.4 Å². The summed E-state index contributed by atoms with van der Waals surface area (Å²) in [5.74, 6) is 0.730.